The van der Waals surface area contributed by atoms with Gasteiger partial charge in [-0.05, 0) is 12.5 Å². The first kappa shape index (κ1) is 11.4. The topological polar surface area (TPSA) is 51.2 Å². The van der Waals surface area contributed by atoms with E-state index < -0.39 is 11.9 Å². The van der Waals surface area contributed by atoms with Crippen molar-refractivity contribution in [3.05, 3.63) is 23.3 Å². The normalized spacial score (nSPS) is 9.87. The van der Waals surface area contributed by atoms with Gasteiger partial charge in [0.05, 0.1) is 7.11 Å². The number of ether oxygens (including phenoxy) is 1. The molecular weight excluding hydrogens is 199 g/mol. The number of halogens is 1. The second kappa shape index (κ2) is 4.72. The monoisotopic (exact) mass is 212 g/mol. The largest absolute Gasteiger partial charge is 0.492 e. The molecule has 0 saturated heterocycles. The third-order valence-electron chi connectivity index (χ3n) is 2.05. The fourth-order valence-electron chi connectivity index (χ4n) is 1.27. The lowest BCUT2D eigenvalue weighted by Gasteiger charge is -2.08. The highest BCUT2D eigenvalue weighted by Crippen LogP contribution is 2.22. The van der Waals surface area contributed by atoms with E-state index in [1.165, 1.54) is 20.2 Å². The molecule has 0 spiro atoms. The predicted molar refractivity (Wildman–Crippen MR) is 53.5 cm³/mol. The third kappa shape index (κ3) is 2.23. The maximum Gasteiger partial charge on any atom is 0.269 e. The highest BCUT2D eigenvalue weighted by atomic mass is 19.1. The van der Waals surface area contributed by atoms with Crippen molar-refractivity contribution >= 4 is 5.91 Å². The lowest BCUT2D eigenvalue weighted by atomic mass is 10.1. The van der Waals surface area contributed by atoms with Gasteiger partial charge in [-0.15, -0.1) is 0 Å². The van der Waals surface area contributed by atoms with Gasteiger partial charge in [0.25, 0.3) is 11.9 Å². The molecule has 5 heteroatoms. The highest BCUT2D eigenvalue weighted by Gasteiger charge is 2.15. The second-order valence-corrected chi connectivity index (χ2v) is 2.92. The van der Waals surface area contributed by atoms with E-state index in [2.05, 4.69) is 10.3 Å². The Labute approximate surface area is 87.5 Å². The summed E-state index contributed by atoms with van der Waals surface area (Å²) in [6, 6.07) is 1.53. The SMILES string of the molecule is CCc1cc(C(=O)NC)nc(F)c1OC. The maximum atomic E-state index is 13.4. The number of pyridine rings is 1. The number of hydrogen-bond acceptors (Lipinski definition) is 3. The zero-order valence-electron chi connectivity index (χ0n) is 8.93. The summed E-state index contributed by atoms with van der Waals surface area (Å²) in [5.41, 5.74) is 0.691. The van der Waals surface area contributed by atoms with Crippen LogP contribution in [0.25, 0.3) is 0 Å². The van der Waals surface area contributed by atoms with E-state index >= 15 is 0 Å². The smallest absolute Gasteiger partial charge is 0.269 e. The van der Waals surface area contributed by atoms with Gasteiger partial charge in [0.2, 0.25) is 0 Å². The van der Waals surface area contributed by atoms with Crippen LogP contribution in [0.3, 0.4) is 0 Å². The number of nitrogens with one attached hydrogen (secondary N) is 1. The Morgan fingerprint density at radius 3 is 2.80 bits per heavy atom. The number of rotatable bonds is 3. The van der Waals surface area contributed by atoms with Gasteiger partial charge in [0.1, 0.15) is 5.69 Å². The number of aromatic nitrogens is 1. The molecule has 1 amide bonds. The summed E-state index contributed by atoms with van der Waals surface area (Å²) in [5, 5.41) is 2.39. The fourth-order valence-corrected chi connectivity index (χ4v) is 1.27. The van der Waals surface area contributed by atoms with Crippen LogP contribution < -0.4 is 10.1 Å². The second-order valence-electron chi connectivity index (χ2n) is 2.92. The van der Waals surface area contributed by atoms with E-state index in [4.69, 9.17) is 4.74 Å². The maximum absolute atomic E-state index is 13.4. The molecule has 0 aliphatic rings. The van der Waals surface area contributed by atoms with Crippen molar-refractivity contribution in [2.45, 2.75) is 13.3 Å². The van der Waals surface area contributed by atoms with Crippen molar-refractivity contribution in [1.82, 2.24) is 10.3 Å². The van der Waals surface area contributed by atoms with E-state index in [1.807, 2.05) is 6.92 Å². The minimum atomic E-state index is -0.754. The highest BCUT2D eigenvalue weighted by molar-refractivity contribution is 5.92. The van der Waals surface area contributed by atoms with E-state index in [-0.39, 0.29) is 11.4 Å². The average molecular weight is 212 g/mol. The molecule has 0 aliphatic carbocycles. The molecule has 1 aromatic heterocycles. The Hall–Kier alpha value is -1.65. The molecule has 4 nitrogen and oxygen atoms in total. The Morgan fingerprint density at radius 2 is 2.33 bits per heavy atom. The Balaban J connectivity index is 3.25. The van der Waals surface area contributed by atoms with Crippen LogP contribution in [0.5, 0.6) is 5.75 Å². The van der Waals surface area contributed by atoms with Crippen molar-refractivity contribution in [3.63, 3.8) is 0 Å². The van der Waals surface area contributed by atoms with E-state index in [0.717, 1.165) is 0 Å². The van der Waals surface area contributed by atoms with Gasteiger partial charge >= 0.3 is 0 Å². The molecule has 1 heterocycles. The van der Waals surface area contributed by atoms with Gasteiger partial charge in [-0.25, -0.2) is 4.98 Å². The molecule has 0 fully saturated rings. The van der Waals surface area contributed by atoms with Crippen molar-refractivity contribution in [3.8, 4) is 5.75 Å². The molecule has 82 valence electrons. The first-order valence-corrected chi connectivity index (χ1v) is 4.59. The summed E-state index contributed by atoms with van der Waals surface area (Å²) in [7, 11) is 2.84. The zero-order valence-corrected chi connectivity index (χ0v) is 8.93. The molecular formula is C10H13FN2O2. The molecule has 1 aromatic rings. The third-order valence-corrected chi connectivity index (χ3v) is 2.05. The van der Waals surface area contributed by atoms with E-state index in [9.17, 15) is 9.18 Å². The summed E-state index contributed by atoms with van der Waals surface area (Å²) in [4.78, 5) is 14.8. The van der Waals surface area contributed by atoms with Gasteiger partial charge in [-0.2, -0.15) is 4.39 Å². The Kier molecular flexibility index (Phi) is 3.60. The molecule has 0 bridgehead atoms. The van der Waals surface area contributed by atoms with Gasteiger partial charge in [-0.1, -0.05) is 6.92 Å². The minimum Gasteiger partial charge on any atom is -0.492 e. The van der Waals surface area contributed by atoms with Crippen LogP contribution in [0.4, 0.5) is 4.39 Å². The van der Waals surface area contributed by atoms with Crippen LogP contribution in [0.15, 0.2) is 6.07 Å². The van der Waals surface area contributed by atoms with Crippen molar-refractivity contribution in [2.24, 2.45) is 0 Å². The molecule has 1 N–H and O–H groups in total. The van der Waals surface area contributed by atoms with Crippen molar-refractivity contribution in [2.75, 3.05) is 14.2 Å². The summed E-state index contributed by atoms with van der Waals surface area (Å²) >= 11 is 0. The number of methoxy groups -OCH3 is 1. The average Bonchev–Trinajstić information content (AvgIpc) is 2.26. The standard InChI is InChI=1S/C10H13FN2O2/c1-4-6-5-7(10(14)12-2)13-9(11)8(6)15-3/h5H,4H2,1-3H3,(H,12,14). The minimum absolute atomic E-state index is 0.0626. The zero-order chi connectivity index (χ0) is 11.4. The Bertz CT molecular complexity index is 380. The van der Waals surface area contributed by atoms with E-state index in [1.54, 1.807) is 0 Å². The molecule has 0 radical (unpaired) electrons. The number of aryl methyl sites for hydroxylation is 1. The predicted octanol–water partition coefficient (Wildman–Crippen LogP) is 1.15. The lowest BCUT2D eigenvalue weighted by Crippen LogP contribution is -2.20. The molecule has 15 heavy (non-hydrogen) atoms. The quantitative estimate of drug-likeness (QED) is 0.765. The van der Waals surface area contributed by atoms with Crippen molar-refractivity contribution in [1.29, 1.82) is 0 Å². The van der Waals surface area contributed by atoms with E-state index in [0.29, 0.717) is 12.0 Å². The van der Waals surface area contributed by atoms with Crippen molar-refractivity contribution < 1.29 is 13.9 Å². The fraction of sp³-hybridized carbons (Fsp3) is 0.400. The summed E-state index contributed by atoms with van der Waals surface area (Å²) < 4.78 is 18.2. The first-order valence-electron chi connectivity index (χ1n) is 4.59. The molecule has 0 unspecified atom stereocenters. The summed E-state index contributed by atoms with van der Waals surface area (Å²) in [6.07, 6.45) is 0.576. The number of amides is 1. The van der Waals surface area contributed by atoms with Gasteiger partial charge in [-0.3, -0.25) is 4.79 Å². The van der Waals surface area contributed by atoms with Crippen LogP contribution in [0.2, 0.25) is 0 Å². The van der Waals surface area contributed by atoms with Crippen LogP contribution >= 0.6 is 0 Å². The number of carbonyl (C=O) groups excluding carboxylic acids is 1. The van der Waals surface area contributed by atoms with Crippen LogP contribution in [-0.4, -0.2) is 25.0 Å². The van der Waals surface area contributed by atoms with Crippen LogP contribution in [0.1, 0.15) is 23.0 Å². The van der Waals surface area contributed by atoms with Crippen LogP contribution in [-0.2, 0) is 6.42 Å². The Morgan fingerprint density at radius 1 is 1.67 bits per heavy atom. The van der Waals surface area contributed by atoms with Gasteiger partial charge < -0.3 is 10.1 Å². The molecule has 1 rings (SSSR count). The first-order chi connectivity index (χ1) is 7.13. The lowest BCUT2D eigenvalue weighted by molar-refractivity contribution is 0.0956. The summed E-state index contributed by atoms with van der Waals surface area (Å²) in [6.45, 7) is 1.85. The van der Waals surface area contributed by atoms with Crippen LogP contribution in [0, 0.1) is 5.95 Å². The van der Waals surface area contributed by atoms with Gasteiger partial charge in [0, 0.05) is 12.6 Å². The molecule has 0 atom stereocenters. The summed E-state index contributed by atoms with van der Waals surface area (Å²) in [5.74, 6) is -1.06. The molecule has 0 aliphatic heterocycles. The number of hydrogen-bond donors (Lipinski definition) is 1. The number of carbonyl (C=O) groups is 1. The number of nitrogens with zero attached hydrogens (tertiary/aromatic N) is 1. The molecule has 0 saturated carbocycles. The molecule has 0 aromatic carbocycles. The van der Waals surface area contributed by atoms with Gasteiger partial charge in [0.15, 0.2) is 5.75 Å².